The fraction of sp³-hybridized carbons (Fsp3) is 0.857. The van der Waals surface area contributed by atoms with Crippen molar-refractivity contribution in [2.24, 2.45) is 5.73 Å². The van der Waals surface area contributed by atoms with E-state index in [4.69, 9.17) is 10.3 Å². The molecule has 2 unspecified atom stereocenters. The number of likely N-dealkylation sites (tertiary alicyclic amines) is 1. The molecular weight excluding hydrogens is 307 g/mol. The standard InChI is InChI=1S/C14H26N2O5P/c1-12-7-6-9-16(12,14(18)19)13(17)11-22(20)21-10-5-3-2-4-8-15/h12H,2-11,15H2,1H3/q+1/p+1/t12-,16?/m1/s1. The van der Waals surface area contributed by atoms with Crippen LogP contribution in [0.2, 0.25) is 0 Å². The number of carboxylic acid groups (broad SMARTS) is 1. The maximum Gasteiger partial charge on any atom is 0.522 e. The van der Waals surface area contributed by atoms with E-state index in [-0.39, 0.29) is 18.7 Å². The minimum Gasteiger partial charge on any atom is -0.435 e. The maximum absolute atomic E-state index is 12.3. The minimum atomic E-state index is -2.14. The number of hydrogen-bond donors (Lipinski definition) is 2. The lowest BCUT2D eigenvalue weighted by Gasteiger charge is -2.27. The van der Waals surface area contributed by atoms with Crippen LogP contribution in [0.3, 0.4) is 0 Å². The summed E-state index contributed by atoms with van der Waals surface area (Å²) >= 11 is 0. The summed E-state index contributed by atoms with van der Waals surface area (Å²) in [4.78, 5) is 23.8. The van der Waals surface area contributed by atoms with Gasteiger partial charge in [0.2, 0.25) is 0 Å². The summed E-state index contributed by atoms with van der Waals surface area (Å²) in [6.45, 7) is 3.02. The van der Waals surface area contributed by atoms with Gasteiger partial charge in [-0.15, -0.1) is 4.52 Å². The quantitative estimate of drug-likeness (QED) is 0.381. The normalized spacial score (nSPS) is 25.2. The molecule has 3 atom stereocenters. The van der Waals surface area contributed by atoms with E-state index in [9.17, 15) is 19.3 Å². The molecule has 1 saturated heterocycles. The molecule has 0 aromatic rings. The molecule has 1 aliphatic heterocycles. The van der Waals surface area contributed by atoms with Crippen molar-refractivity contribution >= 4 is 20.0 Å². The van der Waals surface area contributed by atoms with Gasteiger partial charge in [0, 0.05) is 12.8 Å². The molecule has 126 valence electrons. The molecule has 2 amide bonds. The number of carbonyl (C=O) groups is 2. The summed E-state index contributed by atoms with van der Waals surface area (Å²) < 4.78 is 16.4. The summed E-state index contributed by atoms with van der Waals surface area (Å²) in [5.74, 6) is -0.512. The van der Waals surface area contributed by atoms with Crippen LogP contribution in [-0.4, -0.2) is 53.5 Å². The van der Waals surface area contributed by atoms with Crippen molar-refractivity contribution in [3.63, 3.8) is 0 Å². The summed E-state index contributed by atoms with van der Waals surface area (Å²) in [5.41, 5.74) is 5.39. The van der Waals surface area contributed by atoms with Crippen LogP contribution in [0, 0.1) is 0 Å². The Morgan fingerprint density at radius 2 is 2.00 bits per heavy atom. The van der Waals surface area contributed by atoms with E-state index >= 15 is 0 Å². The fourth-order valence-electron chi connectivity index (χ4n) is 2.89. The molecule has 0 aromatic carbocycles. The molecule has 0 aromatic heterocycles. The average Bonchev–Trinajstić information content (AvgIpc) is 2.85. The van der Waals surface area contributed by atoms with Gasteiger partial charge in [0.1, 0.15) is 12.6 Å². The molecule has 0 spiro atoms. The van der Waals surface area contributed by atoms with Gasteiger partial charge in [-0.1, -0.05) is 12.8 Å². The zero-order chi connectivity index (χ0) is 16.6. The van der Waals surface area contributed by atoms with E-state index in [0.29, 0.717) is 26.0 Å². The second kappa shape index (κ2) is 9.30. The van der Waals surface area contributed by atoms with Crippen molar-refractivity contribution in [1.82, 2.24) is 0 Å². The number of carbonyl (C=O) groups excluding carboxylic acids is 1. The van der Waals surface area contributed by atoms with E-state index in [0.717, 1.165) is 25.7 Å². The summed E-state index contributed by atoms with van der Waals surface area (Å²) in [5, 5.41) is 9.42. The van der Waals surface area contributed by atoms with Gasteiger partial charge in [-0.3, -0.25) is 0 Å². The van der Waals surface area contributed by atoms with Gasteiger partial charge in [0.15, 0.2) is 0 Å². The predicted molar refractivity (Wildman–Crippen MR) is 82.8 cm³/mol. The summed E-state index contributed by atoms with van der Waals surface area (Å²) in [6, 6.07) is -0.273. The van der Waals surface area contributed by atoms with Crippen LogP contribution >= 0.6 is 8.03 Å². The van der Waals surface area contributed by atoms with Crippen LogP contribution in [-0.2, 0) is 13.9 Å². The highest BCUT2D eigenvalue weighted by molar-refractivity contribution is 7.40. The topological polar surface area (TPSA) is 107 Å². The smallest absolute Gasteiger partial charge is 0.435 e. The van der Waals surface area contributed by atoms with Gasteiger partial charge in [0.05, 0.1) is 6.54 Å². The van der Waals surface area contributed by atoms with Gasteiger partial charge in [0.25, 0.3) is 6.16 Å². The molecule has 8 heteroatoms. The largest absolute Gasteiger partial charge is 0.522 e. The molecule has 7 nitrogen and oxygen atoms in total. The molecule has 1 aliphatic rings. The fourth-order valence-corrected chi connectivity index (χ4v) is 3.78. The first-order valence-electron chi connectivity index (χ1n) is 7.87. The Balaban J connectivity index is 2.40. The third-order valence-corrected chi connectivity index (χ3v) is 5.27. The maximum atomic E-state index is 12.3. The first kappa shape index (κ1) is 19.2. The van der Waals surface area contributed by atoms with Crippen LogP contribution in [0.5, 0.6) is 0 Å². The molecule has 1 heterocycles. The Morgan fingerprint density at radius 1 is 1.32 bits per heavy atom. The van der Waals surface area contributed by atoms with Gasteiger partial charge in [-0.2, -0.15) is 9.28 Å². The predicted octanol–water partition coefficient (Wildman–Crippen LogP) is 2.47. The highest BCUT2D eigenvalue weighted by atomic mass is 31.1. The van der Waals surface area contributed by atoms with Crippen molar-refractivity contribution in [2.45, 2.75) is 51.5 Å². The Labute approximate surface area is 132 Å². The van der Waals surface area contributed by atoms with Crippen LogP contribution in [0.4, 0.5) is 4.79 Å². The van der Waals surface area contributed by atoms with Crippen molar-refractivity contribution in [1.29, 1.82) is 0 Å². The van der Waals surface area contributed by atoms with Crippen LogP contribution < -0.4 is 5.73 Å². The Kier molecular flexibility index (Phi) is 8.10. The van der Waals surface area contributed by atoms with E-state index in [2.05, 4.69) is 0 Å². The van der Waals surface area contributed by atoms with E-state index in [1.807, 2.05) is 0 Å². The third-order valence-electron chi connectivity index (χ3n) is 4.27. The number of amides is 2. The van der Waals surface area contributed by atoms with Crippen molar-refractivity contribution < 1.29 is 28.3 Å². The second-order valence-electron chi connectivity index (χ2n) is 5.79. The lowest BCUT2D eigenvalue weighted by molar-refractivity contribution is -0.791. The molecular formula is C14H27N2O5P+2. The van der Waals surface area contributed by atoms with E-state index in [1.165, 1.54) is 0 Å². The third kappa shape index (κ3) is 4.81. The molecule has 1 rings (SSSR count). The molecule has 0 saturated carbocycles. The second-order valence-corrected chi connectivity index (χ2v) is 7.03. The average molecular weight is 334 g/mol. The van der Waals surface area contributed by atoms with Crippen LogP contribution in [0.15, 0.2) is 0 Å². The Morgan fingerprint density at radius 3 is 2.55 bits per heavy atom. The number of nitrogens with zero attached hydrogens (tertiary/aromatic N) is 1. The van der Waals surface area contributed by atoms with E-state index < -0.39 is 24.5 Å². The van der Waals surface area contributed by atoms with Crippen molar-refractivity contribution in [2.75, 3.05) is 25.9 Å². The van der Waals surface area contributed by atoms with Crippen LogP contribution in [0.1, 0.15) is 45.4 Å². The lowest BCUT2D eigenvalue weighted by atomic mass is 10.2. The first-order valence-corrected chi connectivity index (χ1v) is 9.23. The number of rotatable bonds is 9. The number of nitrogens with two attached hydrogens (primary N) is 1. The number of unbranched alkanes of at least 4 members (excludes halogenated alkanes) is 3. The molecule has 0 aliphatic carbocycles. The molecule has 0 bridgehead atoms. The number of quaternary nitrogens is 1. The lowest BCUT2D eigenvalue weighted by Crippen LogP contribution is -2.59. The van der Waals surface area contributed by atoms with Gasteiger partial charge < -0.3 is 10.8 Å². The highest BCUT2D eigenvalue weighted by Gasteiger charge is 2.55. The summed E-state index contributed by atoms with van der Waals surface area (Å²) in [7, 11) is -2.14. The van der Waals surface area contributed by atoms with E-state index in [1.54, 1.807) is 6.92 Å². The van der Waals surface area contributed by atoms with Gasteiger partial charge in [-0.25, -0.2) is 4.79 Å². The zero-order valence-corrected chi connectivity index (χ0v) is 14.1. The number of imide groups is 1. The summed E-state index contributed by atoms with van der Waals surface area (Å²) in [6.07, 6.45) is 3.59. The van der Waals surface area contributed by atoms with Gasteiger partial charge >= 0.3 is 20.0 Å². The van der Waals surface area contributed by atoms with Crippen molar-refractivity contribution in [3.05, 3.63) is 0 Å². The van der Waals surface area contributed by atoms with Gasteiger partial charge in [-0.05, 0) is 30.9 Å². The highest BCUT2D eigenvalue weighted by Crippen LogP contribution is 2.32. The SMILES string of the molecule is C[C@@H]1CCC[N+]1(C(=O)O)C(=O)C[P+](=O)OCCCCCCN. The van der Waals surface area contributed by atoms with Crippen molar-refractivity contribution in [3.8, 4) is 0 Å². The minimum absolute atomic E-state index is 0.273. The molecule has 0 radical (unpaired) electrons. The molecule has 22 heavy (non-hydrogen) atoms. The molecule has 3 N–H and O–H groups in total. The number of hydrogen-bond acceptors (Lipinski definition) is 5. The monoisotopic (exact) mass is 334 g/mol. The molecule has 1 fully saturated rings. The first-order chi connectivity index (χ1) is 10.4. The zero-order valence-electron chi connectivity index (χ0n) is 13.2. The Bertz CT molecular complexity index is 418. The van der Waals surface area contributed by atoms with Crippen LogP contribution in [0.25, 0.3) is 0 Å². The Hall–Kier alpha value is -0.880.